The number of nitrogens with two attached hydrogens (primary N) is 1. The van der Waals surface area contributed by atoms with E-state index in [-0.39, 0.29) is 11.6 Å². The largest absolute Gasteiger partial charge is 0.397 e. The number of ketones is 1. The normalized spacial score (nSPS) is 14.8. The van der Waals surface area contributed by atoms with Crippen molar-refractivity contribution < 1.29 is 9.18 Å². The third-order valence-electron chi connectivity index (χ3n) is 4.81. The SMILES string of the molecule is Nc1c(C(=O)c2ccc(F)cc2)sc2nc3c(cc12)CCCCCC3. The molecule has 0 bridgehead atoms. The summed E-state index contributed by atoms with van der Waals surface area (Å²) in [5, 5.41) is 0.870. The number of halogens is 1. The molecule has 1 aliphatic carbocycles. The minimum Gasteiger partial charge on any atom is -0.397 e. The predicted molar refractivity (Wildman–Crippen MR) is 99.7 cm³/mol. The number of aryl methyl sites for hydroxylation is 2. The summed E-state index contributed by atoms with van der Waals surface area (Å²) in [4.78, 5) is 18.9. The van der Waals surface area contributed by atoms with Gasteiger partial charge in [0.25, 0.3) is 0 Å². The zero-order chi connectivity index (χ0) is 17.4. The van der Waals surface area contributed by atoms with Crippen LogP contribution in [0.2, 0.25) is 0 Å². The average molecular weight is 354 g/mol. The minimum absolute atomic E-state index is 0.173. The first-order valence-electron chi connectivity index (χ1n) is 8.64. The van der Waals surface area contributed by atoms with Gasteiger partial charge >= 0.3 is 0 Å². The maximum Gasteiger partial charge on any atom is 0.205 e. The maximum absolute atomic E-state index is 13.1. The molecular formula is C20H19FN2OS. The molecule has 4 rings (SSSR count). The van der Waals surface area contributed by atoms with E-state index in [9.17, 15) is 9.18 Å². The van der Waals surface area contributed by atoms with Crippen LogP contribution in [0.3, 0.4) is 0 Å². The van der Waals surface area contributed by atoms with Gasteiger partial charge in [-0.1, -0.05) is 12.8 Å². The Hall–Kier alpha value is -2.27. The highest BCUT2D eigenvalue weighted by Gasteiger charge is 2.20. The number of nitrogen functional groups attached to an aromatic ring is 1. The molecule has 25 heavy (non-hydrogen) atoms. The molecule has 2 aromatic heterocycles. The third kappa shape index (κ3) is 3.04. The van der Waals surface area contributed by atoms with Crippen LogP contribution in [0.25, 0.3) is 10.2 Å². The minimum atomic E-state index is -0.359. The zero-order valence-corrected chi connectivity index (χ0v) is 14.7. The number of rotatable bonds is 2. The van der Waals surface area contributed by atoms with E-state index in [4.69, 9.17) is 10.7 Å². The van der Waals surface area contributed by atoms with Gasteiger partial charge in [0, 0.05) is 16.6 Å². The van der Waals surface area contributed by atoms with Gasteiger partial charge in [-0.2, -0.15) is 0 Å². The number of nitrogens with zero attached hydrogens (tertiary/aromatic N) is 1. The number of pyridine rings is 1. The summed E-state index contributed by atoms with van der Waals surface area (Å²) >= 11 is 1.34. The van der Waals surface area contributed by atoms with Crippen molar-refractivity contribution in [1.82, 2.24) is 4.98 Å². The number of fused-ring (bicyclic) bond motifs is 2. The lowest BCUT2D eigenvalue weighted by molar-refractivity contribution is 0.104. The lowest BCUT2D eigenvalue weighted by Crippen LogP contribution is -2.03. The van der Waals surface area contributed by atoms with Gasteiger partial charge in [0.05, 0.1) is 5.69 Å². The molecule has 0 spiro atoms. The molecule has 1 aromatic carbocycles. The number of hydrogen-bond acceptors (Lipinski definition) is 4. The number of carbonyl (C=O) groups is 1. The van der Waals surface area contributed by atoms with E-state index in [0.29, 0.717) is 16.1 Å². The highest BCUT2D eigenvalue weighted by Crippen LogP contribution is 2.36. The second-order valence-electron chi connectivity index (χ2n) is 6.54. The van der Waals surface area contributed by atoms with Crippen LogP contribution in [0, 0.1) is 5.82 Å². The number of hydrogen-bond donors (Lipinski definition) is 1. The van der Waals surface area contributed by atoms with Crippen molar-refractivity contribution in [3.05, 3.63) is 57.8 Å². The molecule has 2 heterocycles. The number of carbonyl (C=O) groups excluding carboxylic acids is 1. The van der Waals surface area contributed by atoms with Crippen molar-refractivity contribution in [2.24, 2.45) is 0 Å². The van der Waals surface area contributed by atoms with Gasteiger partial charge in [-0.25, -0.2) is 9.37 Å². The number of aromatic nitrogens is 1. The highest BCUT2D eigenvalue weighted by atomic mass is 32.1. The second-order valence-corrected chi connectivity index (χ2v) is 7.54. The van der Waals surface area contributed by atoms with Gasteiger partial charge < -0.3 is 5.73 Å². The zero-order valence-electron chi connectivity index (χ0n) is 13.8. The maximum atomic E-state index is 13.1. The van der Waals surface area contributed by atoms with Crippen LogP contribution < -0.4 is 5.73 Å². The molecule has 3 aromatic rings. The first kappa shape index (κ1) is 16.2. The van der Waals surface area contributed by atoms with E-state index >= 15 is 0 Å². The van der Waals surface area contributed by atoms with Crippen molar-refractivity contribution in [2.75, 3.05) is 5.73 Å². The van der Waals surface area contributed by atoms with Crippen molar-refractivity contribution in [3.63, 3.8) is 0 Å². The Morgan fingerprint density at radius 2 is 1.80 bits per heavy atom. The van der Waals surface area contributed by atoms with E-state index < -0.39 is 0 Å². The van der Waals surface area contributed by atoms with Crippen LogP contribution in [0.5, 0.6) is 0 Å². The molecule has 0 aliphatic heterocycles. The molecule has 0 atom stereocenters. The summed E-state index contributed by atoms with van der Waals surface area (Å²) in [7, 11) is 0. The van der Waals surface area contributed by atoms with Crippen LogP contribution in [-0.4, -0.2) is 10.8 Å². The van der Waals surface area contributed by atoms with Gasteiger partial charge in [-0.15, -0.1) is 11.3 Å². The van der Waals surface area contributed by atoms with Crippen LogP contribution in [0.1, 0.15) is 52.2 Å². The molecular weight excluding hydrogens is 335 g/mol. The summed E-state index contributed by atoms with van der Waals surface area (Å²) in [5.74, 6) is -0.532. The van der Waals surface area contributed by atoms with Crippen LogP contribution in [0.15, 0.2) is 30.3 Å². The van der Waals surface area contributed by atoms with E-state index in [1.807, 2.05) is 0 Å². The molecule has 1 aliphatic rings. The van der Waals surface area contributed by atoms with E-state index in [1.54, 1.807) is 0 Å². The molecule has 2 N–H and O–H groups in total. The molecule has 0 fully saturated rings. The molecule has 0 radical (unpaired) electrons. The van der Waals surface area contributed by atoms with E-state index in [1.165, 1.54) is 60.4 Å². The van der Waals surface area contributed by atoms with Gasteiger partial charge in [-0.05, 0) is 61.6 Å². The van der Waals surface area contributed by atoms with Crippen molar-refractivity contribution in [2.45, 2.75) is 38.5 Å². The monoisotopic (exact) mass is 354 g/mol. The summed E-state index contributed by atoms with van der Waals surface area (Å²) in [5.41, 5.74) is 9.63. The first-order valence-corrected chi connectivity index (χ1v) is 9.46. The average Bonchev–Trinajstić information content (AvgIpc) is 2.91. The molecule has 0 amide bonds. The second kappa shape index (κ2) is 6.56. The van der Waals surface area contributed by atoms with Gasteiger partial charge in [0.15, 0.2) is 0 Å². The van der Waals surface area contributed by atoms with Crippen LogP contribution in [0.4, 0.5) is 10.1 Å². The van der Waals surface area contributed by atoms with E-state index in [0.717, 1.165) is 35.2 Å². The Morgan fingerprint density at radius 3 is 2.56 bits per heavy atom. The number of anilines is 1. The van der Waals surface area contributed by atoms with Crippen LogP contribution in [-0.2, 0) is 12.8 Å². The first-order chi connectivity index (χ1) is 12.1. The van der Waals surface area contributed by atoms with Crippen molar-refractivity contribution in [1.29, 1.82) is 0 Å². The summed E-state index contributed by atoms with van der Waals surface area (Å²) in [6.07, 6.45) is 6.85. The van der Waals surface area contributed by atoms with E-state index in [2.05, 4.69) is 6.07 Å². The van der Waals surface area contributed by atoms with Crippen molar-refractivity contribution >= 4 is 33.0 Å². The van der Waals surface area contributed by atoms with Gasteiger partial charge in [0.2, 0.25) is 5.78 Å². The Kier molecular flexibility index (Phi) is 4.25. The highest BCUT2D eigenvalue weighted by molar-refractivity contribution is 7.21. The summed E-state index contributed by atoms with van der Waals surface area (Å²) in [6, 6.07) is 7.69. The van der Waals surface area contributed by atoms with Gasteiger partial charge in [-0.3, -0.25) is 4.79 Å². The molecule has 128 valence electrons. The summed E-state index contributed by atoms with van der Waals surface area (Å²) < 4.78 is 13.1. The standard InChI is InChI=1S/C20H19FN2OS/c21-14-9-7-12(8-10-14)18(24)19-17(22)15-11-13-5-3-1-2-4-6-16(13)23-20(15)25-19/h7-11H,1-6,22H2. The smallest absolute Gasteiger partial charge is 0.205 e. The van der Waals surface area contributed by atoms with Gasteiger partial charge in [0.1, 0.15) is 15.5 Å². The fourth-order valence-electron chi connectivity index (χ4n) is 3.41. The fraction of sp³-hybridized carbons (Fsp3) is 0.300. The van der Waals surface area contributed by atoms with Crippen LogP contribution >= 0.6 is 11.3 Å². The molecule has 0 saturated heterocycles. The number of thiophene rings is 1. The Balaban J connectivity index is 1.79. The van der Waals surface area contributed by atoms with Crippen molar-refractivity contribution in [3.8, 4) is 0 Å². The Labute approximate surface area is 149 Å². The third-order valence-corrected chi connectivity index (χ3v) is 5.93. The molecule has 3 nitrogen and oxygen atoms in total. The lowest BCUT2D eigenvalue weighted by Gasteiger charge is -2.12. The predicted octanol–water partition coefficient (Wildman–Crippen LogP) is 4.91. The molecule has 5 heteroatoms. The Morgan fingerprint density at radius 1 is 1.08 bits per heavy atom. The Bertz CT molecular complexity index is 946. The number of benzene rings is 1. The topological polar surface area (TPSA) is 56.0 Å². The summed E-state index contributed by atoms with van der Waals surface area (Å²) in [6.45, 7) is 0. The lowest BCUT2D eigenvalue weighted by atomic mass is 9.96. The molecule has 0 saturated carbocycles. The fourth-order valence-corrected chi connectivity index (χ4v) is 4.47. The molecule has 0 unspecified atom stereocenters. The quantitative estimate of drug-likeness (QED) is 0.665.